The normalized spacial score (nSPS) is 14.0. The predicted octanol–water partition coefficient (Wildman–Crippen LogP) is 17.8. The number of fused-ring (bicyclic) bond motifs is 10. The molecule has 0 unspecified atom stereocenters. The third-order valence-electron chi connectivity index (χ3n) is 14.9. The van der Waals surface area contributed by atoms with E-state index in [0.717, 1.165) is 44.6 Å². The second kappa shape index (κ2) is 14.3. The van der Waals surface area contributed by atoms with Crippen molar-refractivity contribution < 1.29 is 4.42 Å². The summed E-state index contributed by atoms with van der Waals surface area (Å²) in [4.78, 5) is 2.51. The summed E-state index contributed by atoms with van der Waals surface area (Å²) in [6.07, 6.45) is 0. The maximum atomic E-state index is 6.33. The molecule has 11 aromatic rings. The lowest BCUT2D eigenvalue weighted by Crippen LogP contribution is -2.18. The molecule has 2 aliphatic carbocycles. The molecule has 2 heteroatoms. The summed E-state index contributed by atoms with van der Waals surface area (Å²) in [5.41, 5.74) is 22.7. The number of anilines is 3. The van der Waals surface area contributed by atoms with Crippen molar-refractivity contribution in [1.29, 1.82) is 0 Å². The van der Waals surface area contributed by atoms with Gasteiger partial charge in [0, 0.05) is 38.4 Å². The number of para-hydroxylation sites is 1. The predicted molar refractivity (Wildman–Crippen MR) is 277 cm³/mol. The first kappa shape index (κ1) is 38.5. The second-order valence-electron chi connectivity index (χ2n) is 19.3. The number of furan rings is 1. The molecule has 0 amide bonds. The highest BCUT2D eigenvalue weighted by molar-refractivity contribution is 6.07. The van der Waals surface area contributed by atoms with E-state index in [9.17, 15) is 0 Å². The molecule has 1 aromatic heterocycles. The number of hydrogen-bond acceptors (Lipinski definition) is 2. The molecular formula is C64H47NO. The number of rotatable bonds is 6. The van der Waals surface area contributed by atoms with E-state index in [1.807, 2.05) is 12.1 Å². The average Bonchev–Trinajstić information content (AvgIpc) is 3.93. The zero-order valence-electron chi connectivity index (χ0n) is 37.6. The van der Waals surface area contributed by atoms with Crippen molar-refractivity contribution in [2.75, 3.05) is 4.90 Å². The van der Waals surface area contributed by atoms with Crippen molar-refractivity contribution in [3.05, 3.63) is 235 Å². The summed E-state index contributed by atoms with van der Waals surface area (Å²) in [5.74, 6) is 0. The SMILES string of the molecule is CC1(C)c2cc(-c3ccccc3)ccc2-c2ccc(N(c3ccc4c(c3)C(C)(C)c3cc(-c5ccc6c(c5)oc5ccccc56)ccc3-4)c3ccc(-c4ccccc4)c4ccccc34)cc21. The van der Waals surface area contributed by atoms with Crippen molar-refractivity contribution in [3.63, 3.8) is 0 Å². The van der Waals surface area contributed by atoms with Crippen LogP contribution in [0.25, 0.3) is 88.3 Å². The number of nitrogens with zero attached hydrogens (tertiary/aromatic N) is 1. The molecule has 0 bridgehead atoms. The van der Waals surface area contributed by atoms with Gasteiger partial charge in [-0.25, -0.2) is 0 Å². The number of benzene rings is 10. The maximum Gasteiger partial charge on any atom is 0.136 e. The van der Waals surface area contributed by atoms with Crippen LogP contribution in [0.3, 0.4) is 0 Å². The van der Waals surface area contributed by atoms with Gasteiger partial charge in [-0.15, -0.1) is 0 Å². The molecule has 0 spiro atoms. The van der Waals surface area contributed by atoms with Gasteiger partial charge in [0.05, 0.1) is 5.69 Å². The topological polar surface area (TPSA) is 16.4 Å². The van der Waals surface area contributed by atoms with Crippen LogP contribution in [0.1, 0.15) is 49.9 Å². The van der Waals surface area contributed by atoms with E-state index in [4.69, 9.17) is 4.42 Å². The average molecular weight is 846 g/mol. The van der Waals surface area contributed by atoms with Crippen LogP contribution in [0.2, 0.25) is 0 Å². The van der Waals surface area contributed by atoms with E-state index in [0.29, 0.717) is 0 Å². The van der Waals surface area contributed by atoms with Gasteiger partial charge in [-0.3, -0.25) is 0 Å². The van der Waals surface area contributed by atoms with Gasteiger partial charge in [-0.1, -0.05) is 179 Å². The molecule has 0 saturated heterocycles. The Labute approximate surface area is 386 Å². The molecule has 0 atom stereocenters. The van der Waals surface area contributed by atoms with Crippen LogP contribution in [0.4, 0.5) is 17.1 Å². The van der Waals surface area contributed by atoms with Gasteiger partial charge in [0.25, 0.3) is 0 Å². The Bertz CT molecular complexity index is 3760. The zero-order valence-corrected chi connectivity index (χ0v) is 37.6. The van der Waals surface area contributed by atoms with Gasteiger partial charge in [0.15, 0.2) is 0 Å². The largest absolute Gasteiger partial charge is 0.456 e. The Morgan fingerprint density at radius 3 is 1.36 bits per heavy atom. The van der Waals surface area contributed by atoms with Crippen LogP contribution >= 0.6 is 0 Å². The highest BCUT2D eigenvalue weighted by Gasteiger charge is 2.38. The van der Waals surface area contributed by atoms with Crippen LogP contribution in [-0.4, -0.2) is 0 Å². The molecule has 66 heavy (non-hydrogen) atoms. The van der Waals surface area contributed by atoms with Gasteiger partial charge in [0.2, 0.25) is 0 Å². The van der Waals surface area contributed by atoms with Crippen LogP contribution in [0.5, 0.6) is 0 Å². The fourth-order valence-electron chi connectivity index (χ4n) is 11.4. The van der Waals surface area contributed by atoms with E-state index in [2.05, 4.69) is 233 Å². The Morgan fingerprint density at radius 1 is 0.303 bits per heavy atom. The summed E-state index contributed by atoms with van der Waals surface area (Å²) in [7, 11) is 0. The molecule has 2 nitrogen and oxygen atoms in total. The molecular weight excluding hydrogens is 799 g/mol. The Hall–Kier alpha value is -7.94. The minimum Gasteiger partial charge on any atom is -0.456 e. The van der Waals surface area contributed by atoms with Crippen LogP contribution in [-0.2, 0) is 10.8 Å². The Kier molecular flexibility index (Phi) is 8.33. The van der Waals surface area contributed by atoms with Crippen molar-refractivity contribution in [3.8, 4) is 55.6 Å². The van der Waals surface area contributed by atoms with E-state index < -0.39 is 0 Å². The van der Waals surface area contributed by atoms with Gasteiger partial charge < -0.3 is 9.32 Å². The standard InChI is InChI=1S/C64H47NO/c1-63(2)56-35-42(40-15-7-5-8-16-40)23-28-49(56)51-31-26-45(38-58(51)63)65(60-34-33-47(41-17-9-6-10-18-41)48-19-11-12-20-53(48)60)46-27-32-52-50-29-24-43(36-57(50)64(3,4)59(52)39-46)44-25-30-55-54-21-13-14-22-61(54)66-62(55)37-44/h5-39H,1-4H3. The highest BCUT2D eigenvalue weighted by atomic mass is 16.3. The quantitative estimate of drug-likeness (QED) is 0.166. The maximum absolute atomic E-state index is 6.33. The van der Waals surface area contributed by atoms with Gasteiger partial charge >= 0.3 is 0 Å². The van der Waals surface area contributed by atoms with Crippen LogP contribution in [0.15, 0.2) is 217 Å². The lowest BCUT2D eigenvalue weighted by Gasteiger charge is -2.31. The van der Waals surface area contributed by atoms with Crippen molar-refractivity contribution >= 4 is 49.8 Å². The summed E-state index contributed by atoms with van der Waals surface area (Å²) < 4.78 is 6.33. The molecule has 0 fully saturated rings. The van der Waals surface area contributed by atoms with Crippen LogP contribution in [0, 0.1) is 0 Å². The van der Waals surface area contributed by atoms with Crippen molar-refractivity contribution in [1.82, 2.24) is 0 Å². The molecule has 10 aromatic carbocycles. The van der Waals surface area contributed by atoms with Gasteiger partial charge in [0.1, 0.15) is 11.2 Å². The lowest BCUT2D eigenvalue weighted by atomic mass is 9.81. The zero-order chi connectivity index (χ0) is 44.3. The molecule has 13 rings (SSSR count). The summed E-state index contributed by atoms with van der Waals surface area (Å²) in [5, 5.41) is 4.75. The van der Waals surface area contributed by atoms with E-state index in [1.54, 1.807) is 0 Å². The van der Waals surface area contributed by atoms with Crippen molar-refractivity contribution in [2.45, 2.75) is 38.5 Å². The van der Waals surface area contributed by atoms with Gasteiger partial charge in [-0.05, 0) is 144 Å². The first-order chi connectivity index (χ1) is 32.2. The molecule has 2 aliphatic rings. The van der Waals surface area contributed by atoms with E-state index in [-0.39, 0.29) is 10.8 Å². The van der Waals surface area contributed by atoms with Crippen LogP contribution < -0.4 is 4.90 Å². The smallest absolute Gasteiger partial charge is 0.136 e. The fraction of sp³-hybridized carbons (Fsp3) is 0.0938. The monoisotopic (exact) mass is 845 g/mol. The first-order valence-electron chi connectivity index (χ1n) is 23.2. The molecule has 0 saturated carbocycles. The summed E-state index contributed by atoms with van der Waals surface area (Å²) in [6, 6.07) is 78.4. The highest BCUT2D eigenvalue weighted by Crippen LogP contribution is 2.55. The minimum absolute atomic E-state index is 0.204. The van der Waals surface area contributed by atoms with E-state index >= 15 is 0 Å². The second-order valence-corrected chi connectivity index (χ2v) is 19.3. The fourth-order valence-corrected chi connectivity index (χ4v) is 11.4. The minimum atomic E-state index is -0.247. The summed E-state index contributed by atoms with van der Waals surface area (Å²) >= 11 is 0. The molecule has 0 N–H and O–H groups in total. The Balaban J connectivity index is 0.953. The third kappa shape index (κ3) is 5.74. The molecule has 0 aliphatic heterocycles. The molecule has 314 valence electrons. The lowest BCUT2D eigenvalue weighted by molar-refractivity contribution is 0.660. The third-order valence-corrected chi connectivity index (χ3v) is 14.9. The van der Waals surface area contributed by atoms with E-state index in [1.165, 1.54) is 83.1 Å². The first-order valence-corrected chi connectivity index (χ1v) is 23.2. The number of hydrogen-bond donors (Lipinski definition) is 0. The Morgan fingerprint density at radius 2 is 0.742 bits per heavy atom. The molecule has 0 radical (unpaired) electrons. The summed E-state index contributed by atoms with van der Waals surface area (Å²) in [6.45, 7) is 9.56. The molecule has 1 heterocycles. The van der Waals surface area contributed by atoms with Gasteiger partial charge in [-0.2, -0.15) is 0 Å². The van der Waals surface area contributed by atoms with Crippen molar-refractivity contribution in [2.24, 2.45) is 0 Å².